The SMILES string of the molecule is Fc1ccc(-c2cc(C(F)(F)F)nc(-c3ccc(-n4c5ccccc5c5ccccc54)cc3)n2)cc1. The molecule has 0 spiro atoms. The first-order valence-electron chi connectivity index (χ1n) is 11.2. The predicted octanol–water partition coefficient (Wildman–Crippen LogP) is 8.07. The summed E-state index contributed by atoms with van der Waals surface area (Å²) in [4.78, 5) is 8.16. The van der Waals surface area contributed by atoms with Gasteiger partial charge in [-0.1, -0.05) is 36.4 Å². The van der Waals surface area contributed by atoms with E-state index in [1.807, 2.05) is 48.5 Å². The fraction of sp³-hybridized carbons (Fsp3) is 0.0345. The fourth-order valence-electron chi connectivity index (χ4n) is 4.45. The number of aromatic nitrogens is 3. The van der Waals surface area contributed by atoms with Gasteiger partial charge in [-0.2, -0.15) is 13.2 Å². The molecular weight excluding hydrogens is 466 g/mol. The molecule has 0 aliphatic heterocycles. The minimum absolute atomic E-state index is 0.0575. The van der Waals surface area contributed by atoms with E-state index >= 15 is 0 Å². The lowest BCUT2D eigenvalue weighted by Crippen LogP contribution is -2.10. The maximum Gasteiger partial charge on any atom is 0.433 e. The Hall–Kier alpha value is -4.52. The Morgan fingerprint density at radius 3 is 1.75 bits per heavy atom. The molecule has 0 aliphatic rings. The van der Waals surface area contributed by atoms with Gasteiger partial charge in [0.05, 0.1) is 16.7 Å². The van der Waals surface area contributed by atoms with Gasteiger partial charge in [0.15, 0.2) is 5.82 Å². The van der Waals surface area contributed by atoms with Crippen LogP contribution in [0, 0.1) is 5.82 Å². The van der Waals surface area contributed by atoms with Crippen LogP contribution in [0.1, 0.15) is 5.69 Å². The maximum absolute atomic E-state index is 13.6. The molecule has 2 aromatic heterocycles. The van der Waals surface area contributed by atoms with E-state index in [4.69, 9.17) is 0 Å². The van der Waals surface area contributed by atoms with Gasteiger partial charge in [0, 0.05) is 27.6 Å². The molecule has 36 heavy (non-hydrogen) atoms. The lowest BCUT2D eigenvalue weighted by Gasteiger charge is -2.12. The van der Waals surface area contributed by atoms with Crippen LogP contribution in [0.15, 0.2) is 103 Å². The maximum atomic E-state index is 13.6. The highest BCUT2D eigenvalue weighted by atomic mass is 19.4. The highest BCUT2D eigenvalue weighted by Crippen LogP contribution is 2.34. The minimum Gasteiger partial charge on any atom is -0.309 e. The summed E-state index contributed by atoms with van der Waals surface area (Å²) in [7, 11) is 0. The van der Waals surface area contributed by atoms with E-state index in [1.54, 1.807) is 12.1 Å². The van der Waals surface area contributed by atoms with Gasteiger partial charge in [0.1, 0.15) is 11.5 Å². The van der Waals surface area contributed by atoms with Crippen molar-refractivity contribution in [2.24, 2.45) is 0 Å². The molecule has 0 aliphatic carbocycles. The van der Waals surface area contributed by atoms with Crippen molar-refractivity contribution in [2.45, 2.75) is 6.18 Å². The Labute approximate surface area is 203 Å². The molecule has 3 nitrogen and oxygen atoms in total. The van der Waals surface area contributed by atoms with Crippen molar-refractivity contribution in [3.8, 4) is 28.3 Å². The second-order valence-corrected chi connectivity index (χ2v) is 8.38. The molecular formula is C29H17F4N3. The third kappa shape index (κ3) is 3.79. The number of hydrogen-bond donors (Lipinski definition) is 0. The molecule has 4 aromatic carbocycles. The molecule has 0 N–H and O–H groups in total. The van der Waals surface area contributed by atoms with Gasteiger partial charge in [-0.05, 0) is 66.7 Å². The molecule has 0 fully saturated rings. The Morgan fingerprint density at radius 1 is 0.611 bits per heavy atom. The van der Waals surface area contributed by atoms with Crippen molar-refractivity contribution in [3.63, 3.8) is 0 Å². The molecule has 0 saturated carbocycles. The fourth-order valence-corrected chi connectivity index (χ4v) is 4.45. The summed E-state index contributed by atoms with van der Waals surface area (Å²) in [5, 5.41) is 2.23. The topological polar surface area (TPSA) is 30.7 Å². The van der Waals surface area contributed by atoms with Crippen LogP contribution in [0.5, 0.6) is 0 Å². The Balaban J connectivity index is 1.48. The Kier molecular flexibility index (Phi) is 5.07. The number of hydrogen-bond acceptors (Lipinski definition) is 2. The number of nitrogens with zero attached hydrogens (tertiary/aromatic N) is 3. The predicted molar refractivity (Wildman–Crippen MR) is 132 cm³/mol. The zero-order valence-corrected chi connectivity index (χ0v) is 18.7. The first-order valence-corrected chi connectivity index (χ1v) is 11.2. The number of halogens is 4. The van der Waals surface area contributed by atoms with E-state index in [1.165, 1.54) is 24.3 Å². The highest BCUT2D eigenvalue weighted by molar-refractivity contribution is 6.09. The van der Waals surface area contributed by atoms with Crippen molar-refractivity contribution >= 4 is 21.8 Å². The van der Waals surface area contributed by atoms with Gasteiger partial charge in [-0.25, -0.2) is 14.4 Å². The van der Waals surface area contributed by atoms with Gasteiger partial charge < -0.3 is 4.57 Å². The zero-order valence-electron chi connectivity index (χ0n) is 18.7. The second kappa shape index (κ2) is 8.30. The van der Waals surface area contributed by atoms with Crippen molar-refractivity contribution in [1.82, 2.24) is 14.5 Å². The van der Waals surface area contributed by atoms with Crippen LogP contribution in [-0.4, -0.2) is 14.5 Å². The number of benzene rings is 4. The smallest absolute Gasteiger partial charge is 0.309 e. The van der Waals surface area contributed by atoms with Gasteiger partial charge in [-0.15, -0.1) is 0 Å². The van der Waals surface area contributed by atoms with Crippen molar-refractivity contribution in [2.75, 3.05) is 0 Å². The summed E-state index contributed by atoms with van der Waals surface area (Å²) in [6.07, 6.45) is -4.66. The lowest BCUT2D eigenvalue weighted by atomic mass is 10.1. The van der Waals surface area contributed by atoms with Gasteiger partial charge in [0.25, 0.3) is 0 Å². The third-order valence-corrected chi connectivity index (χ3v) is 6.12. The summed E-state index contributed by atoms with van der Waals surface area (Å²) in [6.45, 7) is 0. The number of para-hydroxylation sites is 2. The van der Waals surface area contributed by atoms with Crippen LogP contribution < -0.4 is 0 Å². The van der Waals surface area contributed by atoms with E-state index in [0.29, 0.717) is 11.1 Å². The molecule has 0 amide bonds. The van der Waals surface area contributed by atoms with Crippen LogP contribution in [-0.2, 0) is 6.18 Å². The van der Waals surface area contributed by atoms with Gasteiger partial charge in [-0.3, -0.25) is 0 Å². The Morgan fingerprint density at radius 2 is 1.17 bits per heavy atom. The average molecular weight is 483 g/mol. The van der Waals surface area contributed by atoms with E-state index in [0.717, 1.165) is 33.6 Å². The summed E-state index contributed by atoms with van der Waals surface area (Å²) >= 11 is 0. The standard InChI is InChI=1S/C29H17F4N3/c30-20-13-9-18(10-14-20)24-17-27(29(31,32)33)35-28(34-24)19-11-15-21(16-12-19)36-25-7-3-1-5-22(25)23-6-2-4-8-26(23)36/h1-17H. The first kappa shape index (κ1) is 22.0. The van der Waals surface area contributed by atoms with Crippen LogP contribution in [0.25, 0.3) is 50.1 Å². The van der Waals surface area contributed by atoms with Crippen molar-refractivity contribution in [3.05, 3.63) is 115 Å². The zero-order chi connectivity index (χ0) is 24.9. The summed E-state index contributed by atoms with van der Waals surface area (Å²) in [5.41, 5.74) is 2.74. The van der Waals surface area contributed by atoms with E-state index in [2.05, 4.69) is 26.7 Å². The molecule has 2 heterocycles. The molecule has 6 rings (SSSR count). The molecule has 0 unspecified atom stereocenters. The molecule has 6 aromatic rings. The second-order valence-electron chi connectivity index (χ2n) is 8.38. The van der Waals surface area contributed by atoms with E-state index < -0.39 is 17.7 Å². The summed E-state index contributed by atoms with van der Waals surface area (Å²) < 4.78 is 56.4. The number of rotatable bonds is 3. The molecule has 7 heteroatoms. The van der Waals surface area contributed by atoms with Crippen molar-refractivity contribution in [1.29, 1.82) is 0 Å². The molecule has 0 saturated heterocycles. The summed E-state index contributed by atoms with van der Waals surface area (Å²) in [6, 6.07) is 29.3. The third-order valence-electron chi connectivity index (χ3n) is 6.12. The Bertz CT molecular complexity index is 1660. The summed E-state index contributed by atoms with van der Waals surface area (Å²) in [5.74, 6) is -0.539. The van der Waals surface area contributed by atoms with Crippen LogP contribution >= 0.6 is 0 Å². The van der Waals surface area contributed by atoms with Crippen LogP contribution in [0.2, 0.25) is 0 Å². The van der Waals surface area contributed by atoms with Gasteiger partial charge >= 0.3 is 6.18 Å². The van der Waals surface area contributed by atoms with E-state index in [-0.39, 0.29) is 11.5 Å². The molecule has 0 atom stereocenters. The minimum atomic E-state index is -4.66. The normalized spacial score (nSPS) is 11.9. The molecule has 0 bridgehead atoms. The quantitative estimate of drug-likeness (QED) is 0.238. The molecule has 176 valence electrons. The van der Waals surface area contributed by atoms with Crippen LogP contribution in [0.4, 0.5) is 17.6 Å². The van der Waals surface area contributed by atoms with E-state index in [9.17, 15) is 17.6 Å². The number of fused-ring (bicyclic) bond motifs is 3. The lowest BCUT2D eigenvalue weighted by molar-refractivity contribution is -0.141. The van der Waals surface area contributed by atoms with Gasteiger partial charge in [0.2, 0.25) is 0 Å². The highest BCUT2D eigenvalue weighted by Gasteiger charge is 2.34. The average Bonchev–Trinajstić information content (AvgIpc) is 3.23. The van der Waals surface area contributed by atoms with Crippen LogP contribution in [0.3, 0.4) is 0 Å². The molecule has 0 radical (unpaired) electrons. The van der Waals surface area contributed by atoms with Crippen molar-refractivity contribution < 1.29 is 17.6 Å². The number of alkyl halides is 3. The first-order chi connectivity index (χ1) is 17.4. The monoisotopic (exact) mass is 483 g/mol. The largest absolute Gasteiger partial charge is 0.433 e.